The van der Waals surface area contributed by atoms with Gasteiger partial charge in [0.05, 0.1) is 24.8 Å². The van der Waals surface area contributed by atoms with Crippen LogP contribution < -0.4 is 5.32 Å². The standard InChI is InChI=1S/C29H36N6O5S/c1-2-40-26(37)8-14-34-12-3-5-21-17-20(7-11-30-21)29-32-24(19-41-29)28(38)31-23-18-35(22-9-15-39-16-10-22)33-27(23)25(36)6-4-13-34/h7,11,17-19,22H,2-6,8-10,12-16H2,1H3,(H,31,38). The van der Waals surface area contributed by atoms with E-state index < -0.39 is 0 Å². The second-order valence-electron chi connectivity index (χ2n) is 10.3. The van der Waals surface area contributed by atoms with Crippen molar-refractivity contribution in [3.63, 3.8) is 0 Å². The molecule has 1 amide bonds. The first-order valence-electron chi connectivity index (χ1n) is 14.3. The maximum Gasteiger partial charge on any atom is 0.307 e. The Kier molecular flexibility index (Phi) is 9.86. The van der Waals surface area contributed by atoms with Gasteiger partial charge in [-0.2, -0.15) is 5.10 Å². The maximum atomic E-state index is 13.4. The molecule has 41 heavy (non-hydrogen) atoms. The molecule has 4 bridgehead atoms. The number of thiazole rings is 1. The van der Waals surface area contributed by atoms with Gasteiger partial charge >= 0.3 is 5.97 Å². The van der Waals surface area contributed by atoms with E-state index in [-0.39, 0.29) is 35.8 Å². The van der Waals surface area contributed by atoms with Crippen molar-refractivity contribution in [2.24, 2.45) is 0 Å². The van der Waals surface area contributed by atoms with Crippen molar-refractivity contribution in [3.8, 4) is 10.6 Å². The molecule has 0 aromatic carbocycles. The van der Waals surface area contributed by atoms with Gasteiger partial charge in [-0.1, -0.05) is 0 Å². The molecular formula is C29H36N6O5S. The van der Waals surface area contributed by atoms with E-state index in [2.05, 4.69) is 25.3 Å². The van der Waals surface area contributed by atoms with E-state index in [0.717, 1.165) is 48.5 Å². The molecule has 11 nitrogen and oxygen atoms in total. The molecule has 2 aliphatic heterocycles. The van der Waals surface area contributed by atoms with Crippen molar-refractivity contribution < 1.29 is 23.9 Å². The molecule has 0 atom stereocenters. The highest BCUT2D eigenvalue weighted by atomic mass is 32.1. The van der Waals surface area contributed by atoms with Gasteiger partial charge in [-0.15, -0.1) is 11.3 Å². The molecular weight excluding hydrogens is 544 g/mol. The molecule has 0 aliphatic carbocycles. The molecule has 3 aromatic heterocycles. The van der Waals surface area contributed by atoms with Gasteiger partial charge in [-0.05, 0) is 64.3 Å². The Morgan fingerprint density at radius 3 is 2.80 bits per heavy atom. The summed E-state index contributed by atoms with van der Waals surface area (Å²) >= 11 is 1.39. The average molecular weight is 581 g/mol. The zero-order valence-electron chi connectivity index (χ0n) is 23.3. The van der Waals surface area contributed by atoms with Gasteiger partial charge in [0, 0.05) is 55.2 Å². The normalized spacial score (nSPS) is 17.8. The Hall–Kier alpha value is -3.48. The van der Waals surface area contributed by atoms with E-state index in [1.165, 1.54) is 11.3 Å². The van der Waals surface area contributed by atoms with Gasteiger partial charge in [0.25, 0.3) is 5.91 Å². The van der Waals surface area contributed by atoms with Crippen LogP contribution in [-0.2, 0) is 20.7 Å². The minimum absolute atomic E-state index is 0.104. The number of Topliss-reactive ketones (excluding diaryl/α,β-unsaturated/α-hetero) is 1. The van der Waals surface area contributed by atoms with Crippen LogP contribution in [0.4, 0.5) is 5.69 Å². The van der Waals surface area contributed by atoms with Gasteiger partial charge in [0.15, 0.2) is 11.5 Å². The van der Waals surface area contributed by atoms with E-state index in [1.54, 1.807) is 29.4 Å². The molecule has 12 heteroatoms. The lowest BCUT2D eigenvalue weighted by Gasteiger charge is -2.22. The number of fused-ring (bicyclic) bond motifs is 6. The van der Waals surface area contributed by atoms with Gasteiger partial charge in [0.1, 0.15) is 10.7 Å². The number of hydrogen-bond donors (Lipinski definition) is 1. The number of carbonyl (C=O) groups excluding carboxylic acids is 3. The summed E-state index contributed by atoms with van der Waals surface area (Å²) in [7, 11) is 0. The van der Waals surface area contributed by atoms with Gasteiger partial charge in [-0.25, -0.2) is 4.98 Å². The summed E-state index contributed by atoms with van der Waals surface area (Å²) in [6, 6.07) is 4.01. The first-order valence-corrected chi connectivity index (χ1v) is 15.2. The number of amides is 1. The number of nitrogens with zero attached hydrogens (tertiary/aromatic N) is 5. The summed E-state index contributed by atoms with van der Waals surface area (Å²) in [5.74, 6) is -0.733. The molecule has 1 N–H and O–H groups in total. The van der Waals surface area contributed by atoms with Crippen LogP contribution in [0, 0.1) is 0 Å². The third kappa shape index (κ3) is 7.63. The van der Waals surface area contributed by atoms with Crippen molar-refractivity contribution in [1.82, 2.24) is 24.6 Å². The van der Waals surface area contributed by atoms with E-state index in [4.69, 9.17) is 9.47 Å². The number of esters is 1. The van der Waals surface area contributed by atoms with Gasteiger partial charge in [0.2, 0.25) is 0 Å². The second-order valence-corrected chi connectivity index (χ2v) is 11.1. The van der Waals surface area contributed by atoms with Crippen molar-refractivity contribution in [1.29, 1.82) is 0 Å². The summed E-state index contributed by atoms with van der Waals surface area (Å²) in [6.45, 7) is 5.40. The summed E-state index contributed by atoms with van der Waals surface area (Å²) in [5, 5.41) is 10.0. The van der Waals surface area contributed by atoms with E-state index in [0.29, 0.717) is 57.1 Å². The monoisotopic (exact) mass is 580 g/mol. The van der Waals surface area contributed by atoms with Gasteiger partial charge < -0.3 is 19.7 Å². The Labute approximate surface area is 243 Å². The van der Waals surface area contributed by atoms with Crippen LogP contribution in [0.15, 0.2) is 29.9 Å². The van der Waals surface area contributed by atoms with Crippen LogP contribution in [-0.4, -0.2) is 81.8 Å². The molecule has 1 saturated heterocycles. The number of nitrogens with one attached hydrogen (secondary N) is 1. The fourth-order valence-electron chi connectivity index (χ4n) is 5.15. The maximum absolute atomic E-state index is 13.4. The number of ketones is 1. The van der Waals surface area contributed by atoms with E-state index in [1.807, 2.05) is 12.1 Å². The zero-order chi connectivity index (χ0) is 28.6. The lowest BCUT2D eigenvalue weighted by molar-refractivity contribution is -0.143. The summed E-state index contributed by atoms with van der Waals surface area (Å²) in [6.07, 6.45) is 7.89. The predicted octanol–water partition coefficient (Wildman–Crippen LogP) is 4.17. The summed E-state index contributed by atoms with van der Waals surface area (Å²) in [4.78, 5) is 50.0. The third-order valence-corrected chi connectivity index (χ3v) is 8.22. The molecule has 5 rings (SSSR count). The molecule has 3 aromatic rings. The van der Waals surface area contributed by atoms with Crippen molar-refractivity contribution in [3.05, 3.63) is 47.0 Å². The van der Waals surface area contributed by atoms with Crippen LogP contribution in [0.1, 0.15) is 78.2 Å². The predicted molar refractivity (Wildman–Crippen MR) is 154 cm³/mol. The molecule has 2 aliphatic rings. The van der Waals surface area contributed by atoms with Crippen molar-refractivity contribution in [2.75, 3.05) is 44.8 Å². The Morgan fingerprint density at radius 1 is 1.20 bits per heavy atom. The molecule has 218 valence electrons. The van der Waals surface area contributed by atoms with Crippen molar-refractivity contribution in [2.45, 2.75) is 57.9 Å². The van der Waals surface area contributed by atoms with Crippen LogP contribution in [0.5, 0.6) is 0 Å². The highest BCUT2D eigenvalue weighted by molar-refractivity contribution is 7.13. The number of ether oxygens (including phenoxy) is 2. The van der Waals surface area contributed by atoms with Crippen LogP contribution in [0.2, 0.25) is 0 Å². The lowest BCUT2D eigenvalue weighted by atomic mass is 10.1. The highest BCUT2D eigenvalue weighted by Gasteiger charge is 2.25. The number of pyridine rings is 1. The molecule has 0 unspecified atom stereocenters. The average Bonchev–Trinajstić information content (AvgIpc) is 3.64. The minimum atomic E-state index is -0.381. The molecule has 0 spiro atoms. The second kappa shape index (κ2) is 13.9. The smallest absolute Gasteiger partial charge is 0.307 e. The van der Waals surface area contributed by atoms with Crippen LogP contribution in [0.25, 0.3) is 10.6 Å². The molecule has 0 saturated carbocycles. The van der Waals surface area contributed by atoms with E-state index >= 15 is 0 Å². The first-order chi connectivity index (χ1) is 20.0. The zero-order valence-corrected chi connectivity index (χ0v) is 24.2. The van der Waals surface area contributed by atoms with Crippen LogP contribution >= 0.6 is 11.3 Å². The number of anilines is 1. The largest absolute Gasteiger partial charge is 0.466 e. The minimum Gasteiger partial charge on any atom is -0.466 e. The van der Waals surface area contributed by atoms with Gasteiger partial charge in [-0.3, -0.25) is 24.0 Å². The quantitative estimate of drug-likeness (QED) is 0.442. The Bertz CT molecular complexity index is 1370. The third-order valence-electron chi connectivity index (χ3n) is 7.33. The molecule has 1 fully saturated rings. The molecule has 0 radical (unpaired) electrons. The fourth-order valence-corrected chi connectivity index (χ4v) is 5.95. The summed E-state index contributed by atoms with van der Waals surface area (Å²) in [5.41, 5.74) is 2.79. The summed E-state index contributed by atoms with van der Waals surface area (Å²) < 4.78 is 12.4. The fraction of sp³-hybridized carbons (Fsp3) is 0.517. The molecule has 5 heterocycles. The van der Waals surface area contributed by atoms with Crippen LogP contribution in [0.3, 0.4) is 0 Å². The van der Waals surface area contributed by atoms with Crippen molar-refractivity contribution >= 4 is 34.7 Å². The first kappa shape index (κ1) is 29.0. The topological polar surface area (TPSA) is 129 Å². The number of aromatic nitrogens is 4. The number of rotatable bonds is 5. The number of hydrogen-bond acceptors (Lipinski definition) is 10. The highest BCUT2D eigenvalue weighted by Crippen LogP contribution is 2.28. The SMILES string of the molecule is CCOC(=O)CCN1CCCC(=O)c2nn(C3CCOCC3)cc2NC(=O)c2csc(n2)-c2ccnc(c2)CCC1. The lowest BCUT2D eigenvalue weighted by Crippen LogP contribution is -2.30. The number of carbonyl (C=O) groups is 3. The number of aryl methyl sites for hydroxylation is 1. The Morgan fingerprint density at radius 2 is 2.00 bits per heavy atom. The Balaban J connectivity index is 1.41. The van der Waals surface area contributed by atoms with E-state index in [9.17, 15) is 14.4 Å².